The van der Waals surface area contributed by atoms with Crippen LogP contribution in [0, 0.1) is 13.8 Å². The molecule has 1 saturated carbocycles. The molecule has 0 saturated heterocycles. The minimum absolute atomic E-state index is 0.261. The van der Waals surface area contributed by atoms with Gasteiger partial charge in [-0.15, -0.1) is 0 Å². The van der Waals surface area contributed by atoms with Gasteiger partial charge in [-0.05, 0) is 56.4 Å². The number of carbonyl (C=O) groups excluding carboxylic acids is 1. The van der Waals surface area contributed by atoms with Crippen molar-refractivity contribution < 1.29 is 9.53 Å². The van der Waals surface area contributed by atoms with Crippen molar-refractivity contribution in [2.24, 2.45) is 0 Å². The van der Waals surface area contributed by atoms with Gasteiger partial charge in [0, 0.05) is 11.7 Å². The maximum absolute atomic E-state index is 11.7. The van der Waals surface area contributed by atoms with Gasteiger partial charge >= 0.3 is 5.97 Å². The van der Waals surface area contributed by atoms with Gasteiger partial charge in [-0.2, -0.15) is 0 Å². The van der Waals surface area contributed by atoms with E-state index < -0.39 is 0 Å². The Kier molecular flexibility index (Phi) is 3.36. The van der Waals surface area contributed by atoms with E-state index in [2.05, 4.69) is 11.4 Å². The molecule has 17 heavy (non-hydrogen) atoms. The van der Waals surface area contributed by atoms with Crippen LogP contribution in [-0.2, 0) is 4.74 Å². The molecule has 1 aliphatic carbocycles. The van der Waals surface area contributed by atoms with Crippen LogP contribution in [0.4, 0.5) is 5.69 Å². The van der Waals surface area contributed by atoms with Gasteiger partial charge < -0.3 is 10.1 Å². The van der Waals surface area contributed by atoms with Crippen LogP contribution in [-0.4, -0.2) is 19.1 Å². The van der Waals surface area contributed by atoms with Gasteiger partial charge in [-0.3, -0.25) is 0 Å². The predicted molar refractivity (Wildman–Crippen MR) is 68.5 cm³/mol. The second kappa shape index (κ2) is 4.78. The number of aryl methyl sites for hydroxylation is 1. The van der Waals surface area contributed by atoms with E-state index in [1.165, 1.54) is 26.4 Å². The third kappa shape index (κ3) is 2.43. The Morgan fingerprint density at radius 3 is 2.59 bits per heavy atom. The molecule has 3 heteroatoms. The number of esters is 1. The van der Waals surface area contributed by atoms with Crippen molar-refractivity contribution in [1.82, 2.24) is 0 Å². The first kappa shape index (κ1) is 12.0. The van der Waals surface area contributed by atoms with Gasteiger partial charge in [0.15, 0.2) is 0 Å². The highest BCUT2D eigenvalue weighted by Gasteiger charge is 2.19. The first-order chi connectivity index (χ1) is 8.11. The number of anilines is 1. The van der Waals surface area contributed by atoms with Crippen molar-refractivity contribution in [3.63, 3.8) is 0 Å². The lowest BCUT2D eigenvalue weighted by atomic mass is 9.92. The molecule has 1 aliphatic rings. The molecule has 1 fully saturated rings. The summed E-state index contributed by atoms with van der Waals surface area (Å²) in [6.07, 6.45) is 3.74. The molecular formula is C14H19NO2. The average molecular weight is 233 g/mol. The highest BCUT2D eigenvalue weighted by Crippen LogP contribution is 2.28. The van der Waals surface area contributed by atoms with Crippen molar-refractivity contribution >= 4 is 11.7 Å². The number of hydrogen-bond donors (Lipinski definition) is 1. The molecule has 0 radical (unpaired) electrons. The summed E-state index contributed by atoms with van der Waals surface area (Å²) in [5.74, 6) is -0.261. The van der Waals surface area contributed by atoms with E-state index in [1.807, 2.05) is 19.9 Å². The van der Waals surface area contributed by atoms with Gasteiger partial charge in [0.05, 0.1) is 12.7 Å². The number of rotatable bonds is 3. The van der Waals surface area contributed by atoms with Crippen LogP contribution in [0.3, 0.4) is 0 Å². The minimum atomic E-state index is -0.261. The van der Waals surface area contributed by atoms with Gasteiger partial charge in [0.1, 0.15) is 0 Å². The Balaban J connectivity index is 2.30. The average Bonchev–Trinajstić information content (AvgIpc) is 2.26. The zero-order valence-corrected chi connectivity index (χ0v) is 10.7. The Hall–Kier alpha value is -1.51. The number of carbonyl (C=O) groups is 1. The fourth-order valence-electron chi connectivity index (χ4n) is 2.10. The lowest BCUT2D eigenvalue weighted by Gasteiger charge is -2.28. The van der Waals surface area contributed by atoms with Crippen molar-refractivity contribution in [2.75, 3.05) is 12.4 Å². The summed E-state index contributed by atoms with van der Waals surface area (Å²) in [5.41, 5.74) is 3.79. The van der Waals surface area contributed by atoms with E-state index in [1.54, 1.807) is 0 Å². The molecule has 1 aromatic carbocycles. The Morgan fingerprint density at radius 1 is 1.35 bits per heavy atom. The van der Waals surface area contributed by atoms with Gasteiger partial charge in [-0.25, -0.2) is 4.79 Å². The van der Waals surface area contributed by atoms with Crippen molar-refractivity contribution in [2.45, 2.75) is 39.2 Å². The fourth-order valence-corrected chi connectivity index (χ4v) is 2.10. The smallest absolute Gasteiger partial charge is 0.338 e. The van der Waals surface area contributed by atoms with Gasteiger partial charge in [0.25, 0.3) is 0 Å². The summed E-state index contributed by atoms with van der Waals surface area (Å²) in [6, 6.07) is 4.55. The van der Waals surface area contributed by atoms with Crippen LogP contribution < -0.4 is 5.32 Å². The van der Waals surface area contributed by atoms with E-state index in [-0.39, 0.29) is 5.97 Å². The largest absolute Gasteiger partial charge is 0.465 e. The molecule has 0 amide bonds. The van der Waals surface area contributed by atoms with Gasteiger partial charge in [-0.1, -0.05) is 0 Å². The molecule has 92 valence electrons. The number of nitrogens with one attached hydrogen (secondary N) is 1. The van der Waals surface area contributed by atoms with Crippen LogP contribution in [0.1, 0.15) is 40.7 Å². The molecule has 0 aromatic heterocycles. The summed E-state index contributed by atoms with van der Waals surface area (Å²) in [4.78, 5) is 11.7. The molecule has 1 N–H and O–H groups in total. The molecule has 0 heterocycles. The van der Waals surface area contributed by atoms with E-state index in [9.17, 15) is 4.79 Å². The molecule has 3 nitrogen and oxygen atoms in total. The minimum Gasteiger partial charge on any atom is -0.465 e. The second-order valence-corrected chi connectivity index (χ2v) is 4.75. The van der Waals surface area contributed by atoms with E-state index >= 15 is 0 Å². The second-order valence-electron chi connectivity index (χ2n) is 4.75. The summed E-state index contributed by atoms with van der Waals surface area (Å²) in [6.45, 7) is 3.96. The number of ether oxygens (including phenoxy) is 1. The molecule has 0 aliphatic heterocycles. The third-order valence-electron chi connectivity index (χ3n) is 3.42. The van der Waals surface area contributed by atoms with Crippen molar-refractivity contribution in [3.05, 3.63) is 28.8 Å². The SMILES string of the molecule is COC(=O)c1cc(C)cc(NC2CCC2)c1C. The summed E-state index contributed by atoms with van der Waals surface area (Å²) in [5, 5.41) is 3.50. The molecule has 2 rings (SSSR count). The monoisotopic (exact) mass is 233 g/mol. The van der Waals surface area contributed by atoms with E-state index in [0.29, 0.717) is 11.6 Å². The third-order valence-corrected chi connectivity index (χ3v) is 3.42. The molecular weight excluding hydrogens is 214 g/mol. The topological polar surface area (TPSA) is 38.3 Å². The van der Waals surface area contributed by atoms with Crippen molar-refractivity contribution in [3.8, 4) is 0 Å². The quantitative estimate of drug-likeness (QED) is 0.815. The molecule has 1 aromatic rings. The Labute approximate surface area is 102 Å². The number of benzene rings is 1. The fraction of sp³-hybridized carbons (Fsp3) is 0.500. The van der Waals surface area contributed by atoms with E-state index in [4.69, 9.17) is 4.74 Å². The van der Waals surface area contributed by atoms with Crippen LogP contribution in [0.5, 0.6) is 0 Å². The first-order valence-corrected chi connectivity index (χ1v) is 6.08. The maximum Gasteiger partial charge on any atom is 0.338 e. The molecule has 0 spiro atoms. The summed E-state index contributed by atoms with van der Waals surface area (Å²) < 4.78 is 4.81. The normalized spacial score (nSPS) is 15.2. The van der Waals surface area contributed by atoms with Crippen molar-refractivity contribution in [1.29, 1.82) is 0 Å². The van der Waals surface area contributed by atoms with Crippen LogP contribution in [0.15, 0.2) is 12.1 Å². The van der Waals surface area contributed by atoms with Gasteiger partial charge in [0.2, 0.25) is 0 Å². The number of hydrogen-bond acceptors (Lipinski definition) is 3. The Bertz CT molecular complexity index is 436. The molecule has 0 bridgehead atoms. The molecule has 0 unspecified atom stereocenters. The highest BCUT2D eigenvalue weighted by atomic mass is 16.5. The zero-order valence-electron chi connectivity index (χ0n) is 10.7. The summed E-state index contributed by atoms with van der Waals surface area (Å²) >= 11 is 0. The predicted octanol–water partition coefficient (Wildman–Crippen LogP) is 3.05. The zero-order chi connectivity index (χ0) is 12.4. The standard InChI is InChI=1S/C14H19NO2/c1-9-7-12(14(16)17-3)10(2)13(8-9)15-11-5-4-6-11/h7-8,11,15H,4-6H2,1-3H3. The Morgan fingerprint density at radius 2 is 2.06 bits per heavy atom. The first-order valence-electron chi connectivity index (χ1n) is 6.08. The van der Waals surface area contributed by atoms with Crippen LogP contribution in [0.2, 0.25) is 0 Å². The summed E-state index contributed by atoms with van der Waals surface area (Å²) in [7, 11) is 1.42. The van der Waals surface area contributed by atoms with E-state index in [0.717, 1.165) is 16.8 Å². The van der Waals surface area contributed by atoms with Crippen LogP contribution in [0.25, 0.3) is 0 Å². The number of methoxy groups -OCH3 is 1. The maximum atomic E-state index is 11.7. The lowest BCUT2D eigenvalue weighted by molar-refractivity contribution is 0.0600. The lowest BCUT2D eigenvalue weighted by Crippen LogP contribution is -2.27. The molecule has 0 atom stereocenters. The highest BCUT2D eigenvalue weighted by molar-refractivity contribution is 5.93. The van der Waals surface area contributed by atoms with Crippen LogP contribution >= 0.6 is 0 Å².